The van der Waals surface area contributed by atoms with Crippen LogP contribution >= 0.6 is 0 Å². The molecule has 33 heavy (non-hydrogen) atoms. The van der Waals surface area contributed by atoms with Gasteiger partial charge in [-0.3, -0.25) is 5.32 Å². The topological polar surface area (TPSA) is 89.8 Å². The van der Waals surface area contributed by atoms with E-state index >= 15 is 0 Å². The fraction of sp³-hybridized carbons (Fsp3) is 0.385. The molecule has 172 valence electrons. The number of carbonyl (C=O) groups is 2. The highest BCUT2D eigenvalue weighted by atomic mass is 16.6. The van der Waals surface area contributed by atoms with Crippen LogP contribution in [0.3, 0.4) is 0 Å². The number of amides is 1. The van der Waals surface area contributed by atoms with E-state index in [9.17, 15) is 9.59 Å². The second-order valence-corrected chi connectivity index (χ2v) is 9.17. The van der Waals surface area contributed by atoms with Gasteiger partial charge in [-0.25, -0.2) is 9.59 Å². The van der Waals surface area contributed by atoms with E-state index in [0.717, 1.165) is 28.8 Å². The monoisotopic (exact) mass is 448 g/mol. The van der Waals surface area contributed by atoms with Crippen molar-refractivity contribution in [2.24, 2.45) is 18.9 Å². The van der Waals surface area contributed by atoms with Crippen LogP contribution in [0.1, 0.15) is 41.6 Å². The van der Waals surface area contributed by atoms with Gasteiger partial charge in [-0.2, -0.15) is 0 Å². The standard InChI is InChI=1S/C26H28N2O5/c1-28-15-19(10-11-32-21-7-4-17(5-8-21)25(29)30)22-14-20(6-9-23(22)28)27-26(31)33-24-13-16-2-3-18(24)12-16/h4-9,14-16,18,24H,2-3,10-13H2,1H3,(H,27,31)(H,29,30). The van der Waals surface area contributed by atoms with Crippen LogP contribution < -0.4 is 10.1 Å². The minimum absolute atomic E-state index is 0.0569. The number of fused-ring (bicyclic) bond motifs is 3. The summed E-state index contributed by atoms with van der Waals surface area (Å²) in [4.78, 5) is 23.4. The first-order valence-electron chi connectivity index (χ1n) is 11.5. The predicted molar refractivity (Wildman–Crippen MR) is 125 cm³/mol. The Hall–Kier alpha value is -3.48. The number of rotatable bonds is 7. The molecule has 7 heteroatoms. The molecule has 2 N–H and O–H groups in total. The van der Waals surface area contributed by atoms with E-state index < -0.39 is 5.97 Å². The summed E-state index contributed by atoms with van der Waals surface area (Å²) < 4.78 is 13.6. The maximum absolute atomic E-state index is 12.5. The molecular weight excluding hydrogens is 420 g/mol. The van der Waals surface area contributed by atoms with Crippen molar-refractivity contribution in [2.75, 3.05) is 11.9 Å². The van der Waals surface area contributed by atoms with E-state index in [-0.39, 0.29) is 17.8 Å². The van der Waals surface area contributed by atoms with Crippen LogP contribution in [0.2, 0.25) is 0 Å². The van der Waals surface area contributed by atoms with Crippen LogP contribution in [-0.4, -0.2) is 34.4 Å². The summed E-state index contributed by atoms with van der Waals surface area (Å²) in [6.45, 7) is 0.454. The van der Waals surface area contributed by atoms with Gasteiger partial charge in [0.2, 0.25) is 0 Å². The van der Waals surface area contributed by atoms with E-state index in [4.69, 9.17) is 14.6 Å². The summed E-state index contributed by atoms with van der Waals surface area (Å²) in [5.41, 5.74) is 3.13. The average Bonchev–Trinajstić information content (AvgIpc) is 3.49. The van der Waals surface area contributed by atoms with Gasteiger partial charge < -0.3 is 19.1 Å². The quantitative estimate of drug-likeness (QED) is 0.516. The largest absolute Gasteiger partial charge is 0.493 e. The van der Waals surface area contributed by atoms with Crippen LogP contribution in [0.15, 0.2) is 48.7 Å². The van der Waals surface area contributed by atoms with E-state index in [0.29, 0.717) is 30.4 Å². The maximum atomic E-state index is 12.5. The number of benzene rings is 2. The van der Waals surface area contributed by atoms with Crippen molar-refractivity contribution in [3.05, 3.63) is 59.8 Å². The zero-order valence-corrected chi connectivity index (χ0v) is 18.6. The van der Waals surface area contributed by atoms with Gasteiger partial charge >= 0.3 is 12.1 Å². The second kappa shape index (κ2) is 8.81. The summed E-state index contributed by atoms with van der Waals surface area (Å²) in [5, 5.41) is 13.0. The Kier molecular flexibility index (Phi) is 5.70. The number of carbonyl (C=O) groups excluding carboxylic acids is 1. The number of aryl methyl sites for hydroxylation is 1. The van der Waals surface area contributed by atoms with Gasteiger partial charge in [0, 0.05) is 36.3 Å². The number of hydrogen-bond donors (Lipinski definition) is 2. The zero-order chi connectivity index (χ0) is 22.9. The highest BCUT2D eigenvalue weighted by Crippen LogP contribution is 2.45. The molecule has 5 rings (SSSR count). The highest BCUT2D eigenvalue weighted by Gasteiger charge is 2.41. The molecule has 0 aliphatic heterocycles. The molecule has 0 saturated heterocycles. The van der Waals surface area contributed by atoms with Crippen LogP contribution in [0.25, 0.3) is 10.9 Å². The van der Waals surface area contributed by atoms with Crippen molar-refractivity contribution in [3.8, 4) is 5.75 Å². The Bertz CT molecular complexity index is 1180. The Labute approximate surface area is 192 Å². The van der Waals surface area contributed by atoms with Gasteiger partial charge in [-0.05, 0) is 85.5 Å². The second-order valence-electron chi connectivity index (χ2n) is 9.17. The molecule has 2 saturated carbocycles. The molecule has 3 unspecified atom stereocenters. The van der Waals surface area contributed by atoms with Crippen LogP contribution in [0, 0.1) is 11.8 Å². The van der Waals surface area contributed by atoms with Crippen molar-refractivity contribution < 1.29 is 24.2 Å². The molecule has 0 spiro atoms. The van der Waals surface area contributed by atoms with Gasteiger partial charge in [0.1, 0.15) is 11.9 Å². The molecule has 2 aliphatic carbocycles. The first kappa shape index (κ1) is 21.4. The third-order valence-corrected chi connectivity index (χ3v) is 6.99. The predicted octanol–water partition coefficient (Wildman–Crippen LogP) is 5.24. The number of ether oxygens (including phenoxy) is 2. The lowest BCUT2D eigenvalue weighted by Crippen LogP contribution is -2.26. The summed E-state index contributed by atoms with van der Waals surface area (Å²) in [6.07, 6.45) is 7.07. The number of aromatic nitrogens is 1. The molecular formula is C26H28N2O5. The number of nitrogens with zero attached hydrogens (tertiary/aromatic N) is 1. The molecule has 1 aromatic heterocycles. The summed E-state index contributed by atoms with van der Waals surface area (Å²) in [5.74, 6) is 0.935. The zero-order valence-electron chi connectivity index (χ0n) is 18.6. The maximum Gasteiger partial charge on any atom is 0.411 e. The Balaban J connectivity index is 1.22. The first-order valence-corrected chi connectivity index (χ1v) is 11.5. The Morgan fingerprint density at radius 1 is 1.12 bits per heavy atom. The molecule has 7 nitrogen and oxygen atoms in total. The Morgan fingerprint density at radius 3 is 2.64 bits per heavy atom. The fourth-order valence-electron chi connectivity index (χ4n) is 5.34. The molecule has 2 bridgehead atoms. The number of nitrogens with one attached hydrogen (secondary N) is 1. The van der Waals surface area contributed by atoms with E-state index in [1.165, 1.54) is 31.4 Å². The van der Waals surface area contributed by atoms with Crippen molar-refractivity contribution in [1.29, 1.82) is 0 Å². The normalized spacial score (nSPS) is 21.3. The molecule has 3 atom stereocenters. The molecule has 1 amide bonds. The van der Waals surface area contributed by atoms with Crippen molar-refractivity contribution >= 4 is 28.7 Å². The lowest BCUT2D eigenvalue weighted by atomic mass is 9.98. The minimum atomic E-state index is -0.957. The van der Waals surface area contributed by atoms with Crippen LogP contribution in [-0.2, 0) is 18.2 Å². The smallest absolute Gasteiger partial charge is 0.411 e. The number of carboxylic acids is 1. The third kappa shape index (κ3) is 4.53. The summed E-state index contributed by atoms with van der Waals surface area (Å²) in [7, 11) is 1.99. The number of anilines is 1. The SMILES string of the molecule is Cn1cc(CCOc2ccc(C(=O)O)cc2)c2cc(NC(=O)OC3CC4CCC3C4)ccc21. The van der Waals surface area contributed by atoms with E-state index in [1.54, 1.807) is 12.1 Å². The van der Waals surface area contributed by atoms with Gasteiger partial charge in [-0.1, -0.05) is 0 Å². The lowest BCUT2D eigenvalue weighted by molar-refractivity contribution is 0.0695. The van der Waals surface area contributed by atoms with Gasteiger partial charge in [0.25, 0.3) is 0 Å². The molecule has 2 fully saturated rings. The Morgan fingerprint density at radius 2 is 1.94 bits per heavy atom. The van der Waals surface area contributed by atoms with Gasteiger partial charge in [-0.15, -0.1) is 0 Å². The summed E-state index contributed by atoms with van der Waals surface area (Å²) in [6, 6.07) is 12.3. The van der Waals surface area contributed by atoms with Crippen molar-refractivity contribution in [3.63, 3.8) is 0 Å². The molecule has 1 heterocycles. The number of carboxylic acid groups (broad SMARTS) is 1. The lowest BCUT2D eigenvalue weighted by Gasteiger charge is -2.22. The van der Waals surface area contributed by atoms with E-state index in [2.05, 4.69) is 16.1 Å². The highest BCUT2D eigenvalue weighted by molar-refractivity contribution is 5.92. The third-order valence-electron chi connectivity index (χ3n) is 6.99. The fourth-order valence-corrected chi connectivity index (χ4v) is 5.34. The van der Waals surface area contributed by atoms with E-state index in [1.807, 2.05) is 25.2 Å². The van der Waals surface area contributed by atoms with Crippen LogP contribution in [0.5, 0.6) is 5.75 Å². The molecule has 2 aromatic carbocycles. The van der Waals surface area contributed by atoms with Gasteiger partial charge in [0.15, 0.2) is 0 Å². The first-order chi connectivity index (χ1) is 16.0. The molecule has 2 aliphatic rings. The van der Waals surface area contributed by atoms with Crippen LogP contribution in [0.4, 0.5) is 10.5 Å². The van der Waals surface area contributed by atoms with Gasteiger partial charge in [0.05, 0.1) is 12.2 Å². The molecule has 3 aromatic rings. The number of hydrogen-bond acceptors (Lipinski definition) is 4. The van der Waals surface area contributed by atoms with Crippen molar-refractivity contribution in [1.82, 2.24) is 4.57 Å². The summed E-state index contributed by atoms with van der Waals surface area (Å²) >= 11 is 0. The number of aromatic carboxylic acids is 1. The minimum Gasteiger partial charge on any atom is -0.493 e. The van der Waals surface area contributed by atoms with Crippen molar-refractivity contribution in [2.45, 2.75) is 38.2 Å². The average molecular weight is 449 g/mol. The molecule has 0 radical (unpaired) electrons.